The standard InChI is InChI=1S/C19H30N2O8S/c22-11-8-16(19(25)26)21(30(27,28)14-15-4-2-1-3-5-15)18(24)7-6-17(23)20-9-12-29-13-10-20/h11,15-16H,1-10,12-14H2,(H,25,26). The van der Waals surface area contributed by atoms with Crippen molar-refractivity contribution in [3.63, 3.8) is 0 Å². The Labute approximate surface area is 176 Å². The molecule has 10 nitrogen and oxygen atoms in total. The molecular formula is C19H30N2O8S. The summed E-state index contributed by atoms with van der Waals surface area (Å²) in [4.78, 5) is 49.3. The molecule has 1 aliphatic heterocycles. The van der Waals surface area contributed by atoms with Crippen LogP contribution in [0.25, 0.3) is 0 Å². The third kappa shape index (κ3) is 6.76. The lowest BCUT2D eigenvalue weighted by Gasteiger charge is -2.31. The minimum Gasteiger partial charge on any atom is -0.480 e. The predicted octanol–water partition coefficient (Wildman–Crippen LogP) is 0.406. The van der Waals surface area contributed by atoms with Crippen LogP contribution in [0.3, 0.4) is 0 Å². The highest BCUT2D eigenvalue weighted by atomic mass is 32.2. The molecule has 170 valence electrons. The third-order valence-electron chi connectivity index (χ3n) is 5.52. The maximum atomic E-state index is 13.0. The smallest absolute Gasteiger partial charge is 0.328 e. The highest BCUT2D eigenvalue weighted by Crippen LogP contribution is 2.27. The molecule has 0 radical (unpaired) electrons. The Morgan fingerprint density at radius 3 is 2.30 bits per heavy atom. The van der Waals surface area contributed by atoms with Crippen LogP contribution in [-0.4, -0.2) is 84.9 Å². The highest BCUT2D eigenvalue weighted by molar-refractivity contribution is 7.89. The van der Waals surface area contributed by atoms with Gasteiger partial charge < -0.3 is 19.5 Å². The van der Waals surface area contributed by atoms with E-state index in [0.29, 0.717) is 43.5 Å². The van der Waals surface area contributed by atoms with Gasteiger partial charge in [-0.3, -0.25) is 9.59 Å². The van der Waals surface area contributed by atoms with Crippen LogP contribution in [0.4, 0.5) is 0 Å². The maximum absolute atomic E-state index is 13.0. The number of hydrogen-bond donors (Lipinski definition) is 1. The Morgan fingerprint density at radius 2 is 1.73 bits per heavy atom. The Bertz CT molecular complexity index is 727. The molecule has 30 heavy (non-hydrogen) atoms. The molecule has 2 fully saturated rings. The van der Waals surface area contributed by atoms with E-state index in [1.165, 1.54) is 4.90 Å². The number of ether oxygens (including phenoxy) is 1. The van der Waals surface area contributed by atoms with Gasteiger partial charge in [0.25, 0.3) is 0 Å². The van der Waals surface area contributed by atoms with E-state index in [0.717, 1.165) is 19.3 Å². The average molecular weight is 447 g/mol. The molecule has 0 aromatic rings. The van der Waals surface area contributed by atoms with E-state index < -0.39 is 40.8 Å². The van der Waals surface area contributed by atoms with Gasteiger partial charge in [-0.05, 0) is 18.8 Å². The molecule has 0 spiro atoms. The summed E-state index contributed by atoms with van der Waals surface area (Å²) in [5.41, 5.74) is 0. The molecule has 2 aliphatic rings. The molecule has 1 unspecified atom stereocenters. The normalized spacial score (nSPS) is 19.1. The van der Waals surface area contributed by atoms with Gasteiger partial charge in [0, 0.05) is 32.4 Å². The van der Waals surface area contributed by atoms with Gasteiger partial charge in [-0.25, -0.2) is 17.5 Å². The molecule has 1 aliphatic carbocycles. The second-order valence-corrected chi connectivity index (χ2v) is 9.61. The molecular weight excluding hydrogens is 416 g/mol. The zero-order chi connectivity index (χ0) is 22.1. The molecule has 1 N–H and O–H groups in total. The van der Waals surface area contributed by atoms with Crippen molar-refractivity contribution in [3.8, 4) is 0 Å². The number of morpholine rings is 1. The molecule has 1 saturated carbocycles. The van der Waals surface area contributed by atoms with E-state index in [1.54, 1.807) is 0 Å². The van der Waals surface area contributed by atoms with Crippen LogP contribution in [-0.2, 0) is 33.9 Å². The van der Waals surface area contributed by atoms with E-state index in [-0.39, 0.29) is 30.3 Å². The number of nitrogens with zero attached hydrogens (tertiary/aromatic N) is 2. The molecule has 0 bridgehead atoms. The van der Waals surface area contributed by atoms with Gasteiger partial charge in [0.15, 0.2) is 6.04 Å². The zero-order valence-corrected chi connectivity index (χ0v) is 17.8. The molecule has 1 heterocycles. The molecule has 1 atom stereocenters. The second kappa shape index (κ2) is 11.4. The third-order valence-corrected chi connectivity index (χ3v) is 7.47. The lowest BCUT2D eigenvalue weighted by molar-refractivity contribution is -0.147. The van der Waals surface area contributed by atoms with Crippen molar-refractivity contribution in [2.24, 2.45) is 5.92 Å². The van der Waals surface area contributed by atoms with Gasteiger partial charge in [0.1, 0.15) is 6.29 Å². The van der Waals surface area contributed by atoms with Crippen LogP contribution in [0.1, 0.15) is 51.4 Å². The molecule has 11 heteroatoms. The van der Waals surface area contributed by atoms with Gasteiger partial charge in [0.05, 0.1) is 19.0 Å². The van der Waals surface area contributed by atoms with Crippen LogP contribution >= 0.6 is 0 Å². The zero-order valence-electron chi connectivity index (χ0n) is 17.0. The molecule has 2 amide bonds. The van der Waals surface area contributed by atoms with Crippen molar-refractivity contribution in [1.82, 2.24) is 9.21 Å². The van der Waals surface area contributed by atoms with Gasteiger partial charge in [0.2, 0.25) is 21.8 Å². The molecule has 0 aromatic carbocycles. The minimum absolute atomic E-state index is 0.153. The van der Waals surface area contributed by atoms with Crippen molar-refractivity contribution in [2.45, 2.75) is 57.4 Å². The Balaban J connectivity index is 2.14. The summed E-state index contributed by atoms with van der Waals surface area (Å²) >= 11 is 0. The highest BCUT2D eigenvalue weighted by Gasteiger charge is 2.39. The van der Waals surface area contributed by atoms with Crippen molar-refractivity contribution < 1.29 is 37.4 Å². The lowest BCUT2D eigenvalue weighted by Crippen LogP contribution is -2.50. The van der Waals surface area contributed by atoms with E-state index >= 15 is 0 Å². The van der Waals surface area contributed by atoms with Crippen LogP contribution in [0.2, 0.25) is 0 Å². The Kier molecular flexibility index (Phi) is 9.22. The summed E-state index contributed by atoms with van der Waals surface area (Å²) in [5.74, 6) is -3.35. The number of carboxylic acids is 1. The average Bonchev–Trinajstić information content (AvgIpc) is 2.72. The van der Waals surface area contributed by atoms with Crippen LogP contribution < -0.4 is 0 Å². The first-order valence-electron chi connectivity index (χ1n) is 10.3. The second-order valence-electron chi connectivity index (χ2n) is 7.72. The maximum Gasteiger partial charge on any atom is 0.328 e. The summed E-state index contributed by atoms with van der Waals surface area (Å²) in [5, 5.41) is 9.47. The number of carbonyl (C=O) groups is 4. The largest absolute Gasteiger partial charge is 0.480 e. The summed E-state index contributed by atoms with van der Waals surface area (Å²) in [6.07, 6.45) is 3.16. The van der Waals surface area contributed by atoms with Crippen molar-refractivity contribution >= 4 is 34.1 Å². The molecule has 0 aromatic heterocycles. The number of amides is 2. The fourth-order valence-electron chi connectivity index (χ4n) is 3.94. The summed E-state index contributed by atoms with van der Waals surface area (Å²) in [7, 11) is -4.26. The number of sulfonamides is 1. The number of rotatable bonds is 10. The Morgan fingerprint density at radius 1 is 1.10 bits per heavy atom. The van der Waals surface area contributed by atoms with E-state index in [9.17, 15) is 32.7 Å². The Hall–Kier alpha value is -2.01. The minimum atomic E-state index is -4.26. The van der Waals surface area contributed by atoms with Crippen LogP contribution in [0.5, 0.6) is 0 Å². The van der Waals surface area contributed by atoms with Gasteiger partial charge in [-0.15, -0.1) is 0 Å². The monoisotopic (exact) mass is 446 g/mol. The van der Waals surface area contributed by atoms with Crippen molar-refractivity contribution in [2.75, 3.05) is 32.1 Å². The van der Waals surface area contributed by atoms with Gasteiger partial charge >= 0.3 is 5.97 Å². The topological polar surface area (TPSA) is 138 Å². The quantitative estimate of drug-likeness (QED) is 0.476. The first kappa shape index (κ1) is 24.3. The van der Waals surface area contributed by atoms with Crippen LogP contribution in [0.15, 0.2) is 0 Å². The lowest BCUT2D eigenvalue weighted by atomic mass is 9.91. The first-order chi connectivity index (χ1) is 14.3. The summed E-state index contributed by atoms with van der Waals surface area (Å²) < 4.78 is 31.5. The van der Waals surface area contributed by atoms with Gasteiger partial charge in [-0.1, -0.05) is 19.3 Å². The van der Waals surface area contributed by atoms with Crippen molar-refractivity contribution in [3.05, 3.63) is 0 Å². The van der Waals surface area contributed by atoms with E-state index in [1.807, 2.05) is 0 Å². The fourth-order valence-corrected chi connectivity index (χ4v) is 5.99. The molecule has 1 saturated heterocycles. The van der Waals surface area contributed by atoms with Crippen molar-refractivity contribution in [1.29, 1.82) is 0 Å². The fraction of sp³-hybridized carbons (Fsp3) is 0.789. The van der Waals surface area contributed by atoms with Gasteiger partial charge in [-0.2, -0.15) is 0 Å². The number of hydrogen-bond acceptors (Lipinski definition) is 7. The first-order valence-corrected chi connectivity index (χ1v) is 11.9. The van der Waals surface area contributed by atoms with E-state index in [4.69, 9.17) is 4.74 Å². The number of aliphatic carboxylic acids is 1. The predicted molar refractivity (Wildman–Crippen MR) is 106 cm³/mol. The molecule has 2 rings (SSSR count). The summed E-state index contributed by atoms with van der Waals surface area (Å²) in [6.45, 7) is 1.56. The SMILES string of the molecule is O=CCC(C(=O)O)N(C(=O)CCC(=O)N1CCOCC1)S(=O)(=O)CC1CCCCC1. The summed E-state index contributed by atoms with van der Waals surface area (Å²) in [6, 6.07) is -1.80. The number of carbonyl (C=O) groups excluding carboxylic acids is 3. The van der Waals surface area contributed by atoms with E-state index in [2.05, 4.69) is 0 Å². The van der Waals surface area contributed by atoms with Crippen LogP contribution in [0, 0.1) is 5.92 Å². The number of aldehydes is 1. The number of carboxylic acid groups (broad SMARTS) is 1.